The largest absolute Gasteiger partial charge is 0.459 e. The fraction of sp³-hybridized carbons (Fsp3) is 0.250. The van der Waals surface area contributed by atoms with Crippen LogP contribution < -0.4 is 10.6 Å². The van der Waals surface area contributed by atoms with E-state index in [0.717, 1.165) is 11.1 Å². The zero-order valence-electron chi connectivity index (χ0n) is 20.0. The maximum Gasteiger partial charge on any atom is 0.320 e. The lowest BCUT2D eigenvalue weighted by Crippen LogP contribution is -2.31. The maximum absolute atomic E-state index is 13.7. The van der Waals surface area contributed by atoms with Gasteiger partial charge in [0.15, 0.2) is 0 Å². The molecular formula is C28H28FN3O3. The number of anilines is 1. The van der Waals surface area contributed by atoms with Crippen molar-refractivity contribution >= 4 is 29.0 Å². The van der Waals surface area contributed by atoms with Crippen LogP contribution >= 0.6 is 0 Å². The molecule has 1 aliphatic heterocycles. The van der Waals surface area contributed by atoms with Crippen LogP contribution in [-0.2, 0) is 20.9 Å². The van der Waals surface area contributed by atoms with Crippen LogP contribution in [0.2, 0.25) is 0 Å². The minimum atomic E-state index is -0.650. The van der Waals surface area contributed by atoms with Crippen LogP contribution in [0.15, 0.2) is 77.8 Å². The average molecular weight is 474 g/mol. The van der Waals surface area contributed by atoms with Crippen LogP contribution in [0.3, 0.4) is 0 Å². The molecule has 1 atom stereocenters. The lowest BCUT2D eigenvalue weighted by atomic mass is 9.90. The average Bonchev–Trinajstić information content (AvgIpc) is 3.12. The van der Waals surface area contributed by atoms with E-state index in [1.807, 2.05) is 75.4 Å². The Morgan fingerprint density at radius 2 is 1.77 bits per heavy atom. The van der Waals surface area contributed by atoms with E-state index in [1.165, 1.54) is 12.1 Å². The highest BCUT2D eigenvalue weighted by atomic mass is 19.1. The lowest BCUT2D eigenvalue weighted by Gasteiger charge is -2.19. The lowest BCUT2D eigenvalue weighted by molar-refractivity contribution is -0.153. The van der Waals surface area contributed by atoms with Gasteiger partial charge in [-0.05, 0) is 61.7 Å². The number of fused-ring (bicyclic) bond motifs is 1. The van der Waals surface area contributed by atoms with Crippen molar-refractivity contribution in [1.29, 1.82) is 0 Å². The summed E-state index contributed by atoms with van der Waals surface area (Å²) in [5.74, 6) is -1.60. The number of carbonyl (C=O) groups is 2. The van der Waals surface area contributed by atoms with Crippen molar-refractivity contribution in [2.45, 2.75) is 38.8 Å². The summed E-state index contributed by atoms with van der Waals surface area (Å²) < 4.78 is 19.0. The molecule has 3 aromatic carbocycles. The third-order valence-corrected chi connectivity index (χ3v) is 5.39. The van der Waals surface area contributed by atoms with Crippen molar-refractivity contribution in [2.24, 2.45) is 4.99 Å². The molecule has 3 aromatic rings. The van der Waals surface area contributed by atoms with E-state index in [1.54, 1.807) is 6.07 Å². The number of hydrogen-bond donors (Lipinski definition) is 2. The predicted octanol–water partition coefficient (Wildman–Crippen LogP) is 5.11. The van der Waals surface area contributed by atoms with Gasteiger partial charge in [0, 0.05) is 12.2 Å². The molecule has 0 fully saturated rings. The normalized spacial score (nSPS) is 15.5. The first-order valence-electron chi connectivity index (χ1n) is 11.5. The fourth-order valence-electron chi connectivity index (χ4n) is 3.92. The quantitative estimate of drug-likeness (QED) is 0.369. The van der Waals surface area contributed by atoms with Gasteiger partial charge < -0.3 is 15.4 Å². The molecule has 2 N–H and O–H groups in total. The number of amides is 1. The molecular weight excluding hydrogens is 445 g/mol. The smallest absolute Gasteiger partial charge is 0.320 e. The summed E-state index contributed by atoms with van der Waals surface area (Å²) in [5.41, 5.74) is 3.71. The summed E-state index contributed by atoms with van der Waals surface area (Å²) in [7, 11) is 0. The number of ether oxygens (including phenoxy) is 1. The minimum absolute atomic E-state index is 0.117. The van der Waals surface area contributed by atoms with Crippen molar-refractivity contribution in [3.63, 3.8) is 0 Å². The topological polar surface area (TPSA) is 79.8 Å². The number of benzene rings is 3. The molecule has 6 nitrogen and oxygen atoms in total. The van der Waals surface area contributed by atoms with Gasteiger partial charge in [0.05, 0.1) is 17.9 Å². The number of nitrogens with zero attached hydrogens (tertiary/aromatic N) is 1. The standard InChI is InChI=1S/C28H28FN3O3/c1-28(2,3)35-24(33)17-30-16-18-9-12-21(13-10-18)31-26(19-7-5-4-6-8-19)25-22-14-11-20(29)15-23(22)32-27(25)34/h4-15,25,30H,16-17H2,1-3H3,(H,32,34). The maximum atomic E-state index is 13.7. The van der Waals surface area contributed by atoms with Gasteiger partial charge in [-0.3, -0.25) is 14.6 Å². The first kappa shape index (κ1) is 24.3. The van der Waals surface area contributed by atoms with Gasteiger partial charge in [-0.15, -0.1) is 0 Å². The highest BCUT2D eigenvalue weighted by Crippen LogP contribution is 2.36. The number of aliphatic imine (C=N–C) groups is 1. The van der Waals surface area contributed by atoms with Crippen LogP contribution in [0.25, 0.3) is 0 Å². The molecule has 180 valence electrons. The number of esters is 1. The van der Waals surface area contributed by atoms with E-state index in [2.05, 4.69) is 10.6 Å². The summed E-state index contributed by atoms with van der Waals surface area (Å²) in [4.78, 5) is 29.6. The third-order valence-electron chi connectivity index (χ3n) is 5.39. The van der Waals surface area contributed by atoms with Crippen molar-refractivity contribution in [2.75, 3.05) is 11.9 Å². The Morgan fingerprint density at radius 3 is 2.46 bits per heavy atom. The van der Waals surface area contributed by atoms with Gasteiger partial charge in [-0.25, -0.2) is 4.39 Å². The monoisotopic (exact) mass is 473 g/mol. The van der Waals surface area contributed by atoms with Crippen molar-refractivity contribution in [1.82, 2.24) is 5.32 Å². The fourth-order valence-corrected chi connectivity index (χ4v) is 3.92. The Balaban J connectivity index is 1.54. The minimum Gasteiger partial charge on any atom is -0.459 e. The van der Waals surface area contributed by atoms with E-state index in [-0.39, 0.29) is 18.4 Å². The summed E-state index contributed by atoms with van der Waals surface area (Å²) >= 11 is 0. The van der Waals surface area contributed by atoms with Gasteiger partial charge in [0.2, 0.25) is 5.91 Å². The number of rotatable bonds is 7. The molecule has 7 heteroatoms. The van der Waals surface area contributed by atoms with Crippen molar-refractivity contribution < 1.29 is 18.7 Å². The number of carbonyl (C=O) groups excluding carboxylic acids is 2. The van der Waals surface area contributed by atoms with E-state index >= 15 is 0 Å². The van der Waals surface area contributed by atoms with Crippen LogP contribution in [0, 0.1) is 5.82 Å². The Hall–Kier alpha value is -3.84. The molecule has 0 spiro atoms. The molecule has 0 saturated carbocycles. The Labute approximate surface area is 204 Å². The molecule has 1 aliphatic rings. The molecule has 0 saturated heterocycles. The predicted molar refractivity (Wildman–Crippen MR) is 134 cm³/mol. The molecule has 1 unspecified atom stereocenters. The van der Waals surface area contributed by atoms with Crippen LogP contribution in [0.5, 0.6) is 0 Å². The van der Waals surface area contributed by atoms with Crippen LogP contribution in [0.1, 0.15) is 43.4 Å². The number of halogens is 1. The molecule has 0 bridgehead atoms. The van der Waals surface area contributed by atoms with Gasteiger partial charge in [0.1, 0.15) is 17.3 Å². The first-order valence-corrected chi connectivity index (χ1v) is 11.5. The second-order valence-corrected chi connectivity index (χ2v) is 9.37. The molecule has 0 aliphatic carbocycles. The molecule has 0 aromatic heterocycles. The van der Waals surface area contributed by atoms with Gasteiger partial charge in [0.25, 0.3) is 0 Å². The SMILES string of the molecule is CC(C)(C)OC(=O)CNCc1ccc(N=C(c2ccccc2)C2C(=O)Nc3cc(F)ccc32)cc1. The second-order valence-electron chi connectivity index (χ2n) is 9.37. The first-order chi connectivity index (χ1) is 16.7. The van der Waals surface area contributed by atoms with Crippen LogP contribution in [-0.4, -0.2) is 29.7 Å². The Bertz CT molecular complexity index is 1250. The van der Waals surface area contributed by atoms with Gasteiger partial charge in [-0.1, -0.05) is 48.5 Å². The molecule has 4 rings (SSSR count). The highest BCUT2D eigenvalue weighted by Gasteiger charge is 2.35. The number of nitrogens with one attached hydrogen (secondary N) is 2. The van der Waals surface area contributed by atoms with Crippen molar-refractivity contribution in [3.8, 4) is 0 Å². The second kappa shape index (κ2) is 10.2. The zero-order chi connectivity index (χ0) is 25.0. The molecule has 1 heterocycles. The molecule has 35 heavy (non-hydrogen) atoms. The number of hydrogen-bond acceptors (Lipinski definition) is 5. The van der Waals surface area contributed by atoms with E-state index in [4.69, 9.17) is 9.73 Å². The zero-order valence-corrected chi connectivity index (χ0v) is 20.0. The summed E-state index contributed by atoms with van der Waals surface area (Å²) in [6, 6.07) is 21.4. The van der Waals surface area contributed by atoms with E-state index < -0.39 is 17.3 Å². The third kappa shape index (κ3) is 6.19. The highest BCUT2D eigenvalue weighted by molar-refractivity contribution is 6.24. The van der Waals surface area contributed by atoms with Crippen molar-refractivity contribution in [3.05, 3.63) is 95.3 Å². The summed E-state index contributed by atoms with van der Waals surface area (Å²) in [6.07, 6.45) is 0. The van der Waals surface area contributed by atoms with Gasteiger partial charge >= 0.3 is 5.97 Å². The van der Waals surface area contributed by atoms with E-state index in [0.29, 0.717) is 29.2 Å². The Morgan fingerprint density at radius 1 is 1.06 bits per heavy atom. The Kier molecular flexibility index (Phi) is 7.07. The molecule has 1 amide bonds. The summed E-state index contributed by atoms with van der Waals surface area (Å²) in [6.45, 7) is 6.12. The van der Waals surface area contributed by atoms with Gasteiger partial charge in [-0.2, -0.15) is 0 Å². The molecule has 0 radical (unpaired) electrons. The van der Waals surface area contributed by atoms with E-state index in [9.17, 15) is 14.0 Å². The van der Waals surface area contributed by atoms with Crippen LogP contribution in [0.4, 0.5) is 15.8 Å². The summed E-state index contributed by atoms with van der Waals surface area (Å²) in [5, 5.41) is 5.86.